The highest BCUT2D eigenvalue weighted by Crippen LogP contribution is 2.31. The summed E-state index contributed by atoms with van der Waals surface area (Å²) in [5.74, 6) is -1.49. The Morgan fingerprint density at radius 3 is 2.36 bits per heavy atom. The van der Waals surface area contributed by atoms with Crippen LogP contribution >= 0.6 is 23.2 Å². The van der Waals surface area contributed by atoms with Gasteiger partial charge in [0.25, 0.3) is 15.9 Å². The molecule has 1 atom stereocenters. The van der Waals surface area contributed by atoms with Crippen LogP contribution in [0.15, 0.2) is 47.4 Å². The summed E-state index contributed by atoms with van der Waals surface area (Å²) < 4.78 is 26.5. The lowest BCUT2D eigenvalue weighted by Gasteiger charge is -2.30. The summed E-state index contributed by atoms with van der Waals surface area (Å²) in [5, 5.41) is 3.69. The number of nitrogens with zero attached hydrogens (tertiary/aromatic N) is 2. The smallest absolute Gasteiger partial charge is 0.269 e. The molecule has 0 spiro atoms. The zero-order valence-electron chi connectivity index (χ0n) is 19.7. The summed E-state index contributed by atoms with van der Waals surface area (Å²) in [6.45, 7) is 1.22. The number of rotatable bonds is 8. The van der Waals surface area contributed by atoms with E-state index in [0.29, 0.717) is 19.9 Å². The Morgan fingerprint density at radius 1 is 1.08 bits per heavy atom. The van der Waals surface area contributed by atoms with Crippen LogP contribution in [0, 0.1) is 0 Å². The van der Waals surface area contributed by atoms with Crippen LogP contribution < -0.4 is 5.32 Å². The molecule has 2 aromatic carbocycles. The lowest BCUT2D eigenvalue weighted by Crippen LogP contribution is -2.50. The molecular weight excluding hydrogens is 525 g/mol. The van der Waals surface area contributed by atoms with Gasteiger partial charge in [-0.15, -0.1) is 0 Å². The summed E-state index contributed by atoms with van der Waals surface area (Å²) in [4.78, 5) is 40.5. The molecule has 1 aliphatic heterocycles. The van der Waals surface area contributed by atoms with Gasteiger partial charge in [0.2, 0.25) is 11.8 Å². The van der Waals surface area contributed by atoms with Gasteiger partial charge in [0.1, 0.15) is 10.9 Å². The van der Waals surface area contributed by atoms with E-state index in [9.17, 15) is 22.8 Å². The van der Waals surface area contributed by atoms with Crippen LogP contribution in [0.2, 0.25) is 10.0 Å². The van der Waals surface area contributed by atoms with Crippen molar-refractivity contribution in [3.63, 3.8) is 0 Å². The fourth-order valence-electron chi connectivity index (χ4n) is 4.62. The van der Waals surface area contributed by atoms with Crippen LogP contribution in [0.25, 0.3) is 0 Å². The predicted molar refractivity (Wildman–Crippen MR) is 136 cm³/mol. The number of carbonyl (C=O) groups is 3. The first-order valence-electron chi connectivity index (χ1n) is 11.8. The predicted octanol–water partition coefficient (Wildman–Crippen LogP) is 4.00. The summed E-state index contributed by atoms with van der Waals surface area (Å²) in [6, 6.07) is 10.1. The zero-order valence-corrected chi connectivity index (χ0v) is 22.1. The molecule has 0 aromatic heterocycles. The maximum absolute atomic E-state index is 13.4. The Kier molecular flexibility index (Phi) is 7.92. The van der Waals surface area contributed by atoms with Crippen LogP contribution in [0.3, 0.4) is 0 Å². The van der Waals surface area contributed by atoms with Crippen LogP contribution in [0.5, 0.6) is 0 Å². The summed E-state index contributed by atoms with van der Waals surface area (Å²) in [6.07, 6.45) is 3.55. The van der Waals surface area contributed by atoms with Crippen molar-refractivity contribution in [1.82, 2.24) is 14.5 Å². The standard InChI is InChI=1S/C25H27Cl2N3O5S/c1-16(24(32)28-17-7-2-3-8-17)29(15-19-20(26)10-6-11-21(19)27)23(31)13-14-30-25(33)18-9-4-5-12-22(18)36(30,34)35/h4-6,9-12,16-17H,2-3,7-8,13-15H2,1H3,(H,28,32). The van der Waals surface area contributed by atoms with E-state index in [4.69, 9.17) is 23.2 Å². The second kappa shape index (κ2) is 10.8. The van der Waals surface area contributed by atoms with Crippen LogP contribution in [0.4, 0.5) is 0 Å². The number of halogens is 2. The lowest BCUT2D eigenvalue weighted by molar-refractivity contribution is -0.140. The van der Waals surface area contributed by atoms with Gasteiger partial charge in [-0.05, 0) is 44.0 Å². The van der Waals surface area contributed by atoms with Gasteiger partial charge in [-0.2, -0.15) is 0 Å². The van der Waals surface area contributed by atoms with Gasteiger partial charge in [-0.1, -0.05) is 54.2 Å². The first-order valence-corrected chi connectivity index (χ1v) is 14.0. The van der Waals surface area contributed by atoms with E-state index in [0.717, 1.165) is 25.7 Å². The number of fused-ring (bicyclic) bond motifs is 1. The van der Waals surface area contributed by atoms with Crippen molar-refractivity contribution in [2.75, 3.05) is 6.54 Å². The van der Waals surface area contributed by atoms with Gasteiger partial charge in [0.15, 0.2) is 0 Å². The Balaban J connectivity index is 1.54. The molecular formula is C25H27Cl2N3O5S. The maximum atomic E-state index is 13.4. The normalized spacial score (nSPS) is 17.6. The number of hydrogen-bond donors (Lipinski definition) is 1. The second-order valence-corrected chi connectivity index (χ2v) is 11.7. The van der Waals surface area contributed by atoms with E-state index >= 15 is 0 Å². The second-order valence-electron chi connectivity index (χ2n) is 9.02. The van der Waals surface area contributed by atoms with Crippen molar-refractivity contribution < 1.29 is 22.8 Å². The fraction of sp³-hybridized carbons (Fsp3) is 0.400. The minimum Gasteiger partial charge on any atom is -0.352 e. The summed E-state index contributed by atoms with van der Waals surface area (Å²) in [5.41, 5.74) is 0.556. The molecule has 36 heavy (non-hydrogen) atoms. The minimum absolute atomic E-state index is 0.0441. The fourth-order valence-corrected chi connectivity index (χ4v) is 6.71. The Hall–Kier alpha value is -2.62. The number of amides is 3. The monoisotopic (exact) mass is 551 g/mol. The van der Waals surface area contributed by atoms with Crippen molar-refractivity contribution >= 4 is 50.9 Å². The third-order valence-corrected chi connectivity index (χ3v) is 9.25. The highest BCUT2D eigenvalue weighted by Gasteiger charge is 2.41. The topological polar surface area (TPSA) is 104 Å². The van der Waals surface area contributed by atoms with Gasteiger partial charge >= 0.3 is 0 Å². The first kappa shape index (κ1) is 26.4. The van der Waals surface area contributed by atoms with Gasteiger partial charge in [-0.3, -0.25) is 14.4 Å². The van der Waals surface area contributed by atoms with Gasteiger partial charge < -0.3 is 10.2 Å². The number of benzene rings is 2. The van der Waals surface area contributed by atoms with Crippen molar-refractivity contribution in [2.45, 2.75) is 62.6 Å². The molecule has 0 radical (unpaired) electrons. The highest BCUT2D eigenvalue weighted by molar-refractivity contribution is 7.90. The molecule has 1 saturated carbocycles. The Bertz CT molecular complexity index is 1270. The molecule has 8 nitrogen and oxygen atoms in total. The van der Waals surface area contributed by atoms with Crippen LogP contribution in [0.1, 0.15) is 54.9 Å². The molecule has 0 saturated heterocycles. The Labute approximate surface area is 220 Å². The largest absolute Gasteiger partial charge is 0.352 e. The first-order chi connectivity index (χ1) is 17.1. The van der Waals surface area contributed by atoms with Crippen molar-refractivity contribution in [1.29, 1.82) is 0 Å². The average molecular weight is 552 g/mol. The minimum atomic E-state index is -4.05. The molecule has 192 valence electrons. The zero-order chi connectivity index (χ0) is 26.0. The molecule has 1 aliphatic carbocycles. The van der Waals surface area contributed by atoms with Crippen molar-refractivity contribution in [3.05, 3.63) is 63.6 Å². The third kappa shape index (κ3) is 5.23. The van der Waals surface area contributed by atoms with E-state index in [1.807, 2.05) is 0 Å². The molecule has 1 fully saturated rings. The lowest BCUT2D eigenvalue weighted by atomic mass is 10.1. The summed E-state index contributed by atoms with van der Waals surface area (Å²) >= 11 is 12.7. The van der Waals surface area contributed by atoms with Crippen LogP contribution in [-0.4, -0.2) is 54.0 Å². The molecule has 4 rings (SSSR count). The third-order valence-electron chi connectivity index (χ3n) is 6.70. The quantitative estimate of drug-likeness (QED) is 0.533. The number of sulfonamides is 1. The summed E-state index contributed by atoms with van der Waals surface area (Å²) in [7, 11) is -4.05. The van der Waals surface area contributed by atoms with E-state index < -0.39 is 27.9 Å². The maximum Gasteiger partial charge on any atom is 0.269 e. The SMILES string of the molecule is CC(C(=O)NC1CCCC1)N(Cc1c(Cl)cccc1Cl)C(=O)CCN1C(=O)c2ccccc2S1(=O)=O. The molecule has 2 aromatic rings. The van der Waals surface area contributed by atoms with E-state index in [1.54, 1.807) is 31.2 Å². The number of hydrogen-bond acceptors (Lipinski definition) is 5. The molecule has 11 heteroatoms. The molecule has 2 aliphatic rings. The molecule has 0 bridgehead atoms. The molecule has 3 amide bonds. The number of nitrogens with one attached hydrogen (secondary N) is 1. The molecule has 1 unspecified atom stereocenters. The van der Waals surface area contributed by atoms with Crippen LogP contribution in [-0.2, 0) is 26.2 Å². The van der Waals surface area contributed by atoms with Gasteiger partial charge in [-0.25, -0.2) is 12.7 Å². The highest BCUT2D eigenvalue weighted by atomic mass is 35.5. The van der Waals surface area contributed by atoms with E-state index in [-0.39, 0.29) is 41.9 Å². The molecule has 1 N–H and O–H groups in total. The Morgan fingerprint density at radius 2 is 1.72 bits per heavy atom. The number of carbonyl (C=O) groups excluding carboxylic acids is 3. The molecule has 1 heterocycles. The van der Waals surface area contributed by atoms with Gasteiger partial charge in [0.05, 0.1) is 5.56 Å². The van der Waals surface area contributed by atoms with Crippen molar-refractivity contribution in [2.24, 2.45) is 0 Å². The van der Waals surface area contributed by atoms with E-state index in [1.165, 1.54) is 23.1 Å². The van der Waals surface area contributed by atoms with Gasteiger partial charge in [0, 0.05) is 41.2 Å². The van der Waals surface area contributed by atoms with E-state index in [2.05, 4.69) is 5.32 Å². The van der Waals surface area contributed by atoms with Crippen molar-refractivity contribution in [3.8, 4) is 0 Å². The average Bonchev–Trinajstić information content (AvgIpc) is 3.42.